The van der Waals surface area contributed by atoms with Gasteiger partial charge in [0.15, 0.2) is 0 Å². The van der Waals surface area contributed by atoms with Gasteiger partial charge in [-0.3, -0.25) is 19.2 Å². The third kappa shape index (κ3) is 10.2. The first kappa shape index (κ1) is 30.4. The van der Waals surface area contributed by atoms with E-state index >= 15 is 0 Å². The Morgan fingerprint density at radius 3 is 2.35 bits per heavy atom. The number of rotatable bonds is 8. The van der Waals surface area contributed by atoms with Crippen LogP contribution < -0.4 is 21.3 Å². The van der Waals surface area contributed by atoms with Gasteiger partial charge in [0.1, 0.15) is 12.1 Å². The van der Waals surface area contributed by atoms with Crippen LogP contribution in [0, 0.1) is 11.8 Å². The fraction of sp³-hybridized carbons (Fsp3) is 0.571. The molecule has 4 N–H and O–H groups in total. The zero-order valence-electron chi connectivity index (χ0n) is 22.8. The Balaban J connectivity index is 2.07. The van der Waals surface area contributed by atoms with Gasteiger partial charge in [0, 0.05) is 30.2 Å². The van der Waals surface area contributed by atoms with Crippen molar-refractivity contribution in [3.8, 4) is 0 Å². The van der Waals surface area contributed by atoms with Crippen LogP contribution in [0.4, 0.5) is 0 Å². The van der Waals surface area contributed by atoms with E-state index in [2.05, 4.69) is 35.1 Å². The second kappa shape index (κ2) is 14.8. The van der Waals surface area contributed by atoms with Crippen molar-refractivity contribution in [2.75, 3.05) is 18.1 Å². The SMILES string of the molecule is CC(C)Cc1ccc([C@H](C)C(=O)NC(C(=O)N[C@H]2CSCCNC(=O)/C=C/[C@H](C)NC2=O)C(C)C)cc1. The van der Waals surface area contributed by atoms with Crippen molar-refractivity contribution < 1.29 is 19.2 Å². The van der Waals surface area contributed by atoms with Crippen molar-refractivity contribution >= 4 is 35.4 Å². The number of hydrogen-bond donors (Lipinski definition) is 4. The molecule has 0 aromatic heterocycles. The van der Waals surface area contributed by atoms with Crippen molar-refractivity contribution in [3.63, 3.8) is 0 Å². The van der Waals surface area contributed by atoms with Crippen LogP contribution in [0.2, 0.25) is 0 Å². The van der Waals surface area contributed by atoms with Crippen molar-refractivity contribution in [1.82, 2.24) is 21.3 Å². The molecule has 4 atom stereocenters. The highest BCUT2D eigenvalue weighted by Gasteiger charge is 2.30. The van der Waals surface area contributed by atoms with E-state index in [9.17, 15) is 19.2 Å². The molecule has 1 heterocycles. The fourth-order valence-corrected chi connectivity index (χ4v) is 4.82. The van der Waals surface area contributed by atoms with E-state index in [1.807, 2.05) is 45.0 Å². The maximum atomic E-state index is 13.3. The largest absolute Gasteiger partial charge is 0.352 e. The minimum Gasteiger partial charge on any atom is -0.352 e. The highest BCUT2D eigenvalue weighted by molar-refractivity contribution is 7.99. The number of amides is 4. The summed E-state index contributed by atoms with van der Waals surface area (Å²) in [6.45, 7) is 12.1. The minimum absolute atomic E-state index is 0.177. The molecular formula is C28H42N4O4S. The third-order valence-corrected chi connectivity index (χ3v) is 7.20. The molecule has 9 heteroatoms. The normalized spacial score (nSPS) is 21.6. The third-order valence-electron chi connectivity index (χ3n) is 6.13. The van der Waals surface area contributed by atoms with Crippen molar-refractivity contribution in [3.05, 3.63) is 47.5 Å². The van der Waals surface area contributed by atoms with Gasteiger partial charge in [0.2, 0.25) is 23.6 Å². The highest BCUT2D eigenvalue weighted by Crippen LogP contribution is 2.19. The number of carbonyl (C=O) groups is 4. The molecule has 37 heavy (non-hydrogen) atoms. The summed E-state index contributed by atoms with van der Waals surface area (Å²) in [5.41, 5.74) is 2.11. The molecule has 1 aromatic carbocycles. The predicted molar refractivity (Wildman–Crippen MR) is 149 cm³/mol. The number of benzene rings is 1. The summed E-state index contributed by atoms with van der Waals surface area (Å²) in [6, 6.07) is 6.10. The second-order valence-corrected chi connectivity index (χ2v) is 11.5. The van der Waals surface area contributed by atoms with Crippen LogP contribution in [0.25, 0.3) is 0 Å². The van der Waals surface area contributed by atoms with Gasteiger partial charge in [-0.2, -0.15) is 11.8 Å². The van der Waals surface area contributed by atoms with Gasteiger partial charge in [0.05, 0.1) is 5.92 Å². The predicted octanol–water partition coefficient (Wildman–Crippen LogP) is 2.54. The molecule has 2 rings (SSSR count). The van der Waals surface area contributed by atoms with E-state index < -0.39 is 23.9 Å². The van der Waals surface area contributed by atoms with Gasteiger partial charge < -0.3 is 21.3 Å². The Kier molecular flexibility index (Phi) is 12.2. The molecule has 1 aromatic rings. The van der Waals surface area contributed by atoms with Crippen LogP contribution in [0.5, 0.6) is 0 Å². The number of nitrogens with one attached hydrogen (secondary N) is 4. The molecule has 204 valence electrons. The first-order valence-corrected chi connectivity index (χ1v) is 14.2. The summed E-state index contributed by atoms with van der Waals surface area (Å²) in [5, 5.41) is 11.3. The van der Waals surface area contributed by atoms with Crippen LogP contribution in [0.15, 0.2) is 36.4 Å². The first-order valence-electron chi connectivity index (χ1n) is 13.0. The van der Waals surface area contributed by atoms with Gasteiger partial charge in [-0.25, -0.2) is 0 Å². The molecule has 1 aliphatic rings. The number of carbonyl (C=O) groups excluding carboxylic acids is 4. The molecular weight excluding hydrogens is 488 g/mol. The van der Waals surface area contributed by atoms with E-state index in [0.29, 0.717) is 24.0 Å². The Morgan fingerprint density at radius 2 is 1.73 bits per heavy atom. The summed E-state index contributed by atoms with van der Waals surface area (Å²) >= 11 is 1.46. The molecule has 8 nitrogen and oxygen atoms in total. The van der Waals surface area contributed by atoms with Gasteiger partial charge in [-0.1, -0.05) is 58.0 Å². The van der Waals surface area contributed by atoms with E-state index in [-0.39, 0.29) is 29.7 Å². The molecule has 0 saturated heterocycles. The lowest BCUT2D eigenvalue weighted by atomic mass is 9.95. The van der Waals surface area contributed by atoms with Crippen molar-refractivity contribution in [2.45, 2.75) is 72.0 Å². The zero-order chi connectivity index (χ0) is 27.5. The average Bonchev–Trinajstić information content (AvgIpc) is 2.83. The molecule has 0 spiro atoms. The lowest BCUT2D eigenvalue weighted by molar-refractivity contribution is -0.133. The maximum absolute atomic E-state index is 13.3. The number of hydrogen-bond acceptors (Lipinski definition) is 5. The van der Waals surface area contributed by atoms with Crippen LogP contribution >= 0.6 is 11.8 Å². The van der Waals surface area contributed by atoms with E-state index in [1.165, 1.54) is 23.4 Å². The summed E-state index contributed by atoms with van der Waals surface area (Å²) in [4.78, 5) is 51.0. The Bertz CT molecular complexity index is 961. The quantitative estimate of drug-likeness (QED) is 0.412. The standard InChI is InChI=1S/C28H42N4O4S/c1-17(2)15-21-8-10-22(11-9-21)20(6)26(34)32-25(18(3)4)28(36)31-23-16-37-14-13-29-24(33)12-7-19(5)30-27(23)35/h7-12,17-20,23,25H,13-16H2,1-6H3,(H,29,33)(H,30,35)(H,31,36)(H,32,34)/b12-7+/t19-,20-,23-,25?/m0/s1. The van der Waals surface area contributed by atoms with Crippen LogP contribution in [-0.2, 0) is 25.6 Å². The maximum Gasteiger partial charge on any atom is 0.243 e. The van der Waals surface area contributed by atoms with E-state index in [1.54, 1.807) is 13.0 Å². The molecule has 0 aliphatic carbocycles. The molecule has 1 unspecified atom stereocenters. The molecule has 4 amide bonds. The van der Waals surface area contributed by atoms with Gasteiger partial charge in [0.25, 0.3) is 0 Å². The Labute approximate surface area is 225 Å². The average molecular weight is 531 g/mol. The van der Waals surface area contributed by atoms with Crippen molar-refractivity contribution in [2.24, 2.45) is 11.8 Å². The van der Waals surface area contributed by atoms with Gasteiger partial charge in [-0.15, -0.1) is 0 Å². The first-order chi connectivity index (χ1) is 17.5. The topological polar surface area (TPSA) is 116 Å². The summed E-state index contributed by atoms with van der Waals surface area (Å²) in [7, 11) is 0. The van der Waals surface area contributed by atoms with Crippen LogP contribution in [0.1, 0.15) is 58.6 Å². The van der Waals surface area contributed by atoms with Gasteiger partial charge in [-0.05, 0) is 43.2 Å². The highest BCUT2D eigenvalue weighted by atomic mass is 32.2. The van der Waals surface area contributed by atoms with E-state index in [0.717, 1.165) is 12.0 Å². The minimum atomic E-state index is -0.786. The summed E-state index contributed by atoms with van der Waals surface area (Å²) in [5.74, 6) is -0.267. The van der Waals surface area contributed by atoms with Gasteiger partial charge >= 0.3 is 0 Å². The molecule has 0 radical (unpaired) electrons. The molecule has 1 aliphatic heterocycles. The lowest BCUT2D eigenvalue weighted by Gasteiger charge is -2.27. The summed E-state index contributed by atoms with van der Waals surface area (Å²) < 4.78 is 0. The zero-order valence-corrected chi connectivity index (χ0v) is 23.6. The molecule has 0 fully saturated rings. The van der Waals surface area contributed by atoms with E-state index in [4.69, 9.17) is 0 Å². The lowest BCUT2D eigenvalue weighted by Crippen LogP contribution is -2.57. The molecule has 0 saturated carbocycles. The Hall–Kier alpha value is -2.81. The monoisotopic (exact) mass is 530 g/mol. The fourth-order valence-electron chi connectivity index (χ4n) is 3.93. The van der Waals surface area contributed by atoms with Crippen LogP contribution in [0.3, 0.4) is 0 Å². The number of thioether (sulfide) groups is 1. The molecule has 0 bridgehead atoms. The Morgan fingerprint density at radius 1 is 1.05 bits per heavy atom. The smallest absolute Gasteiger partial charge is 0.243 e. The summed E-state index contributed by atoms with van der Waals surface area (Å²) in [6.07, 6.45) is 3.98. The van der Waals surface area contributed by atoms with Crippen molar-refractivity contribution in [1.29, 1.82) is 0 Å². The second-order valence-electron chi connectivity index (χ2n) is 10.4. The van der Waals surface area contributed by atoms with Crippen LogP contribution in [-0.4, -0.2) is 59.8 Å².